The predicted molar refractivity (Wildman–Crippen MR) is 122 cm³/mol. The molecule has 5 rings (SSSR count). The summed E-state index contributed by atoms with van der Waals surface area (Å²) < 4.78 is 2.06. The number of nitrogens with two attached hydrogens (primary N) is 1. The summed E-state index contributed by atoms with van der Waals surface area (Å²) in [7, 11) is 0. The summed E-state index contributed by atoms with van der Waals surface area (Å²) in [5.41, 5.74) is 10.9. The van der Waals surface area contributed by atoms with Gasteiger partial charge in [-0.25, -0.2) is 14.6 Å². The monoisotopic (exact) mass is 423 g/mol. The van der Waals surface area contributed by atoms with Gasteiger partial charge in [0.2, 0.25) is 0 Å². The highest BCUT2D eigenvalue weighted by Crippen LogP contribution is 2.37. The highest BCUT2D eigenvalue weighted by atomic mass is 35.5. The van der Waals surface area contributed by atoms with Crippen LogP contribution in [0.25, 0.3) is 33.3 Å². The van der Waals surface area contributed by atoms with E-state index in [-0.39, 0.29) is 0 Å². The molecule has 0 aliphatic carbocycles. The summed E-state index contributed by atoms with van der Waals surface area (Å²) in [5.74, 6) is 0.447. The maximum atomic E-state index is 6.45. The number of H-pyrrole nitrogens is 1. The van der Waals surface area contributed by atoms with Gasteiger partial charge < -0.3 is 15.6 Å². The first-order valence-corrected chi connectivity index (χ1v) is 10.8. The lowest BCUT2D eigenvalue weighted by atomic mass is 10.0. The molecule has 3 N–H and O–H groups in total. The molecule has 1 aliphatic rings. The van der Waals surface area contributed by atoms with Gasteiger partial charge in [0.25, 0.3) is 0 Å². The van der Waals surface area contributed by atoms with Crippen molar-refractivity contribution in [1.29, 1.82) is 0 Å². The number of halogens is 1. The second-order valence-electron chi connectivity index (χ2n) is 8.45. The molecule has 1 fully saturated rings. The standard InChI is InChI=1S/C22H26ClN7/c1-12(2)29-8-6-14(7-9-29)30-22-18(21(24)25-11-26-22)20(28-30)17-10-15-16(23)5-4-13(3)19(15)27-17/h4-5,10-12,14,27H,6-9H2,1-3H3,(H2,24,25,26). The van der Waals surface area contributed by atoms with Gasteiger partial charge in [0, 0.05) is 29.5 Å². The summed E-state index contributed by atoms with van der Waals surface area (Å²) in [6.45, 7) is 8.68. The molecular formula is C22H26ClN7. The van der Waals surface area contributed by atoms with Crippen LogP contribution in [-0.4, -0.2) is 48.8 Å². The lowest BCUT2D eigenvalue weighted by Crippen LogP contribution is -2.39. The molecule has 4 heterocycles. The number of nitrogen functional groups attached to an aromatic ring is 1. The van der Waals surface area contributed by atoms with Crippen molar-refractivity contribution in [1.82, 2.24) is 29.6 Å². The summed E-state index contributed by atoms with van der Waals surface area (Å²) in [5, 5.41) is 7.50. The van der Waals surface area contributed by atoms with E-state index in [4.69, 9.17) is 22.4 Å². The van der Waals surface area contributed by atoms with Crippen LogP contribution in [0.1, 0.15) is 38.3 Å². The Labute approximate surface area is 180 Å². The minimum atomic E-state index is 0.292. The maximum Gasteiger partial charge on any atom is 0.164 e. The van der Waals surface area contributed by atoms with Crippen LogP contribution in [0.5, 0.6) is 0 Å². The average molecular weight is 424 g/mol. The fourth-order valence-corrected chi connectivity index (χ4v) is 4.75. The van der Waals surface area contributed by atoms with Gasteiger partial charge in [0.05, 0.1) is 22.6 Å². The van der Waals surface area contributed by atoms with E-state index < -0.39 is 0 Å². The number of hydrogen-bond acceptors (Lipinski definition) is 5. The number of rotatable bonds is 3. The number of nitrogens with one attached hydrogen (secondary N) is 1. The van der Waals surface area contributed by atoms with Crippen molar-refractivity contribution in [2.75, 3.05) is 18.8 Å². The summed E-state index contributed by atoms with van der Waals surface area (Å²) in [6, 6.07) is 6.84. The molecule has 0 atom stereocenters. The van der Waals surface area contributed by atoms with Crippen molar-refractivity contribution < 1.29 is 0 Å². The first-order valence-electron chi connectivity index (χ1n) is 10.4. The van der Waals surface area contributed by atoms with E-state index in [2.05, 4.69) is 45.3 Å². The van der Waals surface area contributed by atoms with Crippen molar-refractivity contribution in [2.24, 2.45) is 0 Å². The smallest absolute Gasteiger partial charge is 0.164 e. The fourth-order valence-electron chi connectivity index (χ4n) is 4.54. The van der Waals surface area contributed by atoms with E-state index in [1.807, 2.05) is 18.2 Å². The Morgan fingerprint density at radius 3 is 2.67 bits per heavy atom. The quantitative estimate of drug-likeness (QED) is 0.504. The summed E-state index contributed by atoms with van der Waals surface area (Å²) >= 11 is 6.45. The Morgan fingerprint density at radius 1 is 1.20 bits per heavy atom. The number of anilines is 1. The molecule has 0 radical (unpaired) electrons. The molecule has 0 bridgehead atoms. The SMILES string of the molecule is Cc1ccc(Cl)c2cc(-c3nn(C4CCN(C(C)C)CC4)c4ncnc(N)c34)[nH]c12. The van der Waals surface area contributed by atoms with Crippen LogP contribution in [0.2, 0.25) is 5.02 Å². The zero-order valence-electron chi connectivity index (χ0n) is 17.5. The maximum absolute atomic E-state index is 6.45. The Balaban J connectivity index is 1.64. The van der Waals surface area contributed by atoms with Gasteiger partial charge in [-0.1, -0.05) is 17.7 Å². The fraction of sp³-hybridized carbons (Fsp3) is 0.409. The lowest BCUT2D eigenvalue weighted by molar-refractivity contribution is 0.148. The molecule has 7 nitrogen and oxygen atoms in total. The number of benzene rings is 1. The molecule has 156 valence electrons. The molecule has 1 aliphatic heterocycles. The van der Waals surface area contributed by atoms with Gasteiger partial charge in [-0.05, 0) is 51.3 Å². The summed E-state index contributed by atoms with van der Waals surface area (Å²) in [4.78, 5) is 14.8. The first-order chi connectivity index (χ1) is 14.4. The molecule has 30 heavy (non-hydrogen) atoms. The Morgan fingerprint density at radius 2 is 1.97 bits per heavy atom. The molecule has 0 saturated carbocycles. The minimum Gasteiger partial charge on any atom is -0.383 e. The van der Waals surface area contributed by atoms with E-state index in [0.29, 0.717) is 22.9 Å². The molecule has 1 aromatic carbocycles. The van der Waals surface area contributed by atoms with Gasteiger partial charge >= 0.3 is 0 Å². The van der Waals surface area contributed by atoms with Gasteiger partial charge in [-0.2, -0.15) is 5.10 Å². The van der Waals surface area contributed by atoms with Gasteiger partial charge in [-0.3, -0.25) is 0 Å². The highest BCUT2D eigenvalue weighted by molar-refractivity contribution is 6.35. The molecule has 1 saturated heterocycles. The highest BCUT2D eigenvalue weighted by Gasteiger charge is 2.27. The Kier molecular flexibility index (Phi) is 4.67. The van der Waals surface area contributed by atoms with Crippen LogP contribution in [0, 0.1) is 6.92 Å². The normalized spacial score (nSPS) is 16.3. The van der Waals surface area contributed by atoms with Crippen molar-refractivity contribution in [3.05, 3.63) is 35.1 Å². The van der Waals surface area contributed by atoms with E-state index in [1.165, 1.54) is 6.33 Å². The zero-order valence-corrected chi connectivity index (χ0v) is 18.2. The van der Waals surface area contributed by atoms with Crippen LogP contribution in [0.15, 0.2) is 24.5 Å². The van der Waals surface area contributed by atoms with Crippen LogP contribution >= 0.6 is 11.6 Å². The van der Waals surface area contributed by atoms with E-state index in [9.17, 15) is 0 Å². The predicted octanol–water partition coefficient (Wildman–Crippen LogP) is 4.56. The van der Waals surface area contributed by atoms with Crippen LogP contribution in [0.3, 0.4) is 0 Å². The number of piperidine rings is 1. The van der Waals surface area contributed by atoms with Gasteiger partial charge in [-0.15, -0.1) is 0 Å². The van der Waals surface area contributed by atoms with E-state index in [0.717, 1.165) is 64.8 Å². The molecule has 0 amide bonds. The van der Waals surface area contributed by atoms with Crippen LogP contribution in [0.4, 0.5) is 5.82 Å². The Bertz CT molecular complexity index is 1190. The van der Waals surface area contributed by atoms with Crippen molar-refractivity contribution >= 4 is 39.4 Å². The second kappa shape index (κ2) is 7.25. The third-order valence-corrected chi connectivity index (χ3v) is 6.63. The van der Waals surface area contributed by atoms with E-state index in [1.54, 1.807) is 0 Å². The molecular weight excluding hydrogens is 398 g/mol. The third-order valence-electron chi connectivity index (χ3n) is 6.30. The zero-order chi connectivity index (χ0) is 21.0. The molecule has 0 unspecified atom stereocenters. The number of hydrogen-bond donors (Lipinski definition) is 2. The number of likely N-dealkylation sites (tertiary alicyclic amines) is 1. The number of aromatic nitrogens is 5. The van der Waals surface area contributed by atoms with Crippen molar-refractivity contribution in [3.63, 3.8) is 0 Å². The second-order valence-corrected chi connectivity index (χ2v) is 8.85. The molecule has 3 aromatic heterocycles. The summed E-state index contributed by atoms with van der Waals surface area (Å²) in [6.07, 6.45) is 3.60. The number of fused-ring (bicyclic) bond motifs is 2. The number of aromatic amines is 1. The van der Waals surface area contributed by atoms with Gasteiger partial charge in [0.1, 0.15) is 17.8 Å². The van der Waals surface area contributed by atoms with Crippen molar-refractivity contribution in [2.45, 2.75) is 45.7 Å². The first kappa shape index (κ1) is 19.3. The third kappa shape index (κ3) is 3.04. The molecule has 4 aromatic rings. The largest absolute Gasteiger partial charge is 0.383 e. The number of aryl methyl sites for hydroxylation is 1. The number of nitrogens with zero attached hydrogens (tertiary/aromatic N) is 5. The minimum absolute atomic E-state index is 0.292. The van der Waals surface area contributed by atoms with Crippen LogP contribution < -0.4 is 5.73 Å². The molecule has 8 heteroatoms. The lowest BCUT2D eigenvalue weighted by Gasteiger charge is -2.34. The van der Waals surface area contributed by atoms with Crippen molar-refractivity contribution in [3.8, 4) is 11.4 Å². The van der Waals surface area contributed by atoms with Crippen LogP contribution in [-0.2, 0) is 0 Å². The van der Waals surface area contributed by atoms with Gasteiger partial charge in [0.15, 0.2) is 5.65 Å². The Hall–Kier alpha value is -2.64. The topological polar surface area (TPSA) is 88.7 Å². The average Bonchev–Trinajstić information content (AvgIpc) is 3.34. The van der Waals surface area contributed by atoms with E-state index >= 15 is 0 Å². The molecule has 0 spiro atoms.